The Morgan fingerprint density at radius 2 is 1.89 bits per heavy atom. The van der Waals surface area contributed by atoms with Crippen molar-refractivity contribution in [3.8, 4) is 17.2 Å². The van der Waals surface area contributed by atoms with Crippen molar-refractivity contribution in [3.63, 3.8) is 0 Å². The third kappa shape index (κ3) is 3.66. The van der Waals surface area contributed by atoms with Gasteiger partial charge in [0.05, 0.1) is 17.6 Å². The zero-order chi connectivity index (χ0) is 19.7. The lowest BCUT2D eigenvalue weighted by Crippen LogP contribution is -2.24. The lowest BCUT2D eigenvalue weighted by Gasteiger charge is -2.19. The van der Waals surface area contributed by atoms with Gasteiger partial charge in [0.25, 0.3) is 0 Å². The Hall–Kier alpha value is -3.06. The number of rotatable bonds is 6. The molecule has 0 amide bonds. The Bertz CT molecular complexity index is 1010. The second-order valence-corrected chi connectivity index (χ2v) is 6.80. The van der Waals surface area contributed by atoms with E-state index in [0.29, 0.717) is 42.6 Å². The van der Waals surface area contributed by atoms with E-state index in [9.17, 15) is 9.90 Å². The van der Waals surface area contributed by atoms with E-state index < -0.39 is 6.10 Å². The number of carbonyl (C=O) groups excluding carboxylic acids is 1. The lowest BCUT2D eigenvalue weighted by atomic mass is 10.1. The second kappa shape index (κ2) is 7.52. The molecular weight excluding hydrogens is 360 g/mol. The van der Waals surface area contributed by atoms with Crippen LogP contribution in [0, 0.1) is 6.92 Å². The van der Waals surface area contributed by atoms with E-state index in [1.165, 1.54) is 6.92 Å². The van der Waals surface area contributed by atoms with Crippen LogP contribution < -0.4 is 14.2 Å². The molecule has 0 bridgehead atoms. The maximum Gasteiger partial charge on any atom is 0.163 e. The number of imidazole rings is 1. The van der Waals surface area contributed by atoms with Crippen molar-refractivity contribution in [2.24, 2.45) is 0 Å². The molecule has 4 rings (SSSR count). The fraction of sp³-hybridized carbons (Fsp3) is 0.333. The van der Waals surface area contributed by atoms with Crippen molar-refractivity contribution >= 4 is 16.8 Å². The van der Waals surface area contributed by atoms with Crippen LogP contribution in [-0.2, 0) is 6.54 Å². The third-order valence-corrected chi connectivity index (χ3v) is 4.70. The molecule has 146 valence electrons. The van der Waals surface area contributed by atoms with Gasteiger partial charge in [-0.1, -0.05) is 0 Å². The molecule has 1 aromatic heterocycles. The quantitative estimate of drug-likeness (QED) is 0.660. The van der Waals surface area contributed by atoms with Gasteiger partial charge >= 0.3 is 0 Å². The van der Waals surface area contributed by atoms with Gasteiger partial charge < -0.3 is 23.9 Å². The summed E-state index contributed by atoms with van der Waals surface area (Å²) in [5.41, 5.74) is 2.31. The van der Waals surface area contributed by atoms with Gasteiger partial charge in [-0.2, -0.15) is 0 Å². The zero-order valence-corrected chi connectivity index (χ0v) is 15.8. The highest BCUT2D eigenvalue weighted by Gasteiger charge is 2.18. The van der Waals surface area contributed by atoms with Gasteiger partial charge in [0, 0.05) is 17.7 Å². The molecule has 28 heavy (non-hydrogen) atoms. The molecule has 0 saturated heterocycles. The van der Waals surface area contributed by atoms with Crippen LogP contribution in [0.15, 0.2) is 36.4 Å². The molecule has 0 aliphatic carbocycles. The molecule has 7 heteroatoms. The highest BCUT2D eigenvalue weighted by Crippen LogP contribution is 2.34. The van der Waals surface area contributed by atoms with Gasteiger partial charge in [0.2, 0.25) is 0 Å². The van der Waals surface area contributed by atoms with Crippen LogP contribution in [0.25, 0.3) is 11.0 Å². The van der Waals surface area contributed by atoms with Gasteiger partial charge in [-0.25, -0.2) is 4.98 Å². The summed E-state index contributed by atoms with van der Waals surface area (Å²) in [5.74, 6) is 2.79. The Morgan fingerprint density at radius 3 is 2.57 bits per heavy atom. The minimum absolute atomic E-state index is 0.00520. The van der Waals surface area contributed by atoms with E-state index in [1.807, 2.05) is 23.6 Å². The van der Waals surface area contributed by atoms with Crippen molar-refractivity contribution in [3.05, 3.63) is 47.8 Å². The van der Waals surface area contributed by atoms with Crippen molar-refractivity contribution in [2.45, 2.75) is 26.5 Å². The second-order valence-electron chi connectivity index (χ2n) is 6.80. The average Bonchev–Trinajstić information content (AvgIpc) is 2.99. The number of ether oxygens (including phenoxy) is 3. The summed E-state index contributed by atoms with van der Waals surface area (Å²) in [5, 5.41) is 10.5. The van der Waals surface area contributed by atoms with E-state index in [4.69, 9.17) is 14.2 Å². The van der Waals surface area contributed by atoms with Crippen molar-refractivity contribution in [2.75, 3.05) is 19.8 Å². The molecule has 0 radical (unpaired) electrons. The summed E-state index contributed by atoms with van der Waals surface area (Å²) in [6.07, 6.45) is -0.725. The number of aromatic nitrogens is 2. The summed E-state index contributed by atoms with van der Waals surface area (Å²) in [7, 11) is 0. The van der Waals surface area contributed by atoms with Gasteiger partial charge in [-0.05, 0) is 38.1 Å². The summed E-state index contributed by atoms with van der Waals surface area (Å²) < 4.78 is 18.9. The number of ketones is 1. The SMILES string of the molecule is CC(=O)c1ccc(OC[C@@H](O)Cn2c(C)nc3cc4c(cc32)OCCO4)cc1. The number of hydrogen-bond donors (Lipinski definition) is 1. The summed E-state index contributed by atoms with van der Waals surface area (Å²) in [6, 6.07) is 10.6. The molecular formula is C21H22N2O5. The van der Waals surface area contributed by atoms with Crippen LogP contribution in [0.2, 0.25) is 0 Å². The molecule has 2 heterocycles. The molecule has 3 aromatic rings. The standard InChI is InChI=1S/C21H22N2O5/c1-13(24)15-3-5-17(6-4-15)28-12-16(25)11-23-14(2)22-18-9-20-21(10-19(18)23)27-8-7-26-20/h3-6,9-10,16,25H,7-8,11-12H2,1-2H3/t16-/m0/s1. The Morgan fingerprint density at radius 1 is 1.21 bits per heavy atom. The maximum atomic E-state index is 11.3. The molecule has 0 spiro atoms. The van der Waals surface area contributed by atoms with Crippen LogP contribution in [0.3, 0.4) is 0 Å². The van der Waals surface area contributed by atoms with Crippen LogP contribution in [0.1, 0.15) is 23.1 Å². The number of nitrogens with zero attached hydrogens (tertiary/aromatic N) is 2. The minimum Gasteiger partial charge on any atom is -0.491 e. The molecule has 7 nitrogen and oxygen atoms in total. The number of hydrogen-bond acceptors (Lipinski definition) is 6. The van der Waals surface area contributed by atoms with Crippen molar-refractivity contribution in [1.82, 2.24) is 9.55 Å². The van der Waals surface area contributed by atoms with Crippen LogP contribution in [0.4, 0.5) is 0 Å². The highest BCUT2D eigenvalue weighted by molar-refractivity contribution is 5.94. The predicted octanol–water partition coefficient (Wildman–Crippen LogP) is 2.76. The normalized spacial score (nSPS) is 14.1. The van der Waals surface area contributed by atoms with E-state index >= 15 is 0 Å². The zero-order valence-electron chi connectivity index (χ0n) is 15.8. The molecule has 0 unspecified atom stereocenters. The number of aliphatic hydroxyl groups excluding tert-OH is 1. The molecule has 1 atom stereocenters. The number of benzene rings is 2. The fourth-order valence-electron chi connectivity index (χ4n) is 3.25. The maximum absolute atomic E-state index is 11.3. The monoisotopic (exact) mass is 382 g/mol. The molecule has 1 aliphatic heterocycles. The van der Waals surface area contributed by atoms with Crippen LogP contribution in [-0.4, -0.2) is 46.4 Å². The van der Waals surface area contributed by atoms with E-state index in [1.54, 1.807) is 24.3 Å². The number of aryl methyl sites for hydroxylation is 1. The number of Topliss-reactive ketones (excluding diaryl/α,β-unsaturated/α-hetero) is 1. The van der Waals surface area contributed by atoms with Crippen LogP contribution in [0.5, 0.6) is 17.2 Å². The Kier molecular flexibility index (Phi) is 4.92. The Balaban J connectivity index is 1.46. The predicted molar refractivity (Wildman–Crippen MR) is 103 cm³/mol. The number of carbonyl (C=O) groups is 1. The van der Waals surface area contributed by atoms with Crippen molar-refractivity contribution in [1.29, 1.82) is 0 Å². The lowest BCUT2D eigenvalue weighted by molar-refractivity contribution is 0.0928. The van der Waals surface area contributed by atoms with Crippen LogP contribution >= 0.6 is 0 Å². The minimum atomic E-state index is -0.725. The summed E-state index contributed by atoms with van der Waals surface area (Å²) in [4.78, 5) is 15.9. The summed E-state index contributed by atoms with van der Waals surface area (Å²) >= 11 is 0. The molecule has 0 fully saturated rings. The molecule has 2 aromatic carbocycles. The van der Waals surface area contributed by atoms with Gasteiger partial charge in [0.1, 0.15) is 37.5 Å². The first-order chi connectivity index (χ1) is 13.5. The van der Waals surface area contributed by atoms with E-state index in [-0.39, 0.29) is 12.4 Å². The first-order valence-electron chi connectivity index (χ1n) is 9.19. The van der Waals surface area contributed by atoms with E-state index in [0.717, 1.165) is 16.9 Å². The summed E-state index contributed by atoms with van der Waals surface area (Å²) in [6.45, 7) is 4.93. The molecule has 1 aliphatic rings. The largest absolute Gasteiger partial charge is 0.491 e. The molecule has 0 saturated carbocycles. The Labute approximate surface area is 162 Å². The third-order valence-electron chi connectivity index (χ3n) is 4.70. The fourth-order valence-corrected chi connectivity index (χ4v) is 3.25. The first kappa shape index (κ1) is 18.3. The van der Waals surface area contributed by atoms with E-state index in [2.05, 4.69) is 4.98 Å². The van der Waals surface area contributed by atoms with Gasteiger partial charge in [-0.15, -0.1) is 0 Å². The average molecular weight is 382 g/mol. The highest BCUT2D eigenvalue weighted by atomic mass is 16.6. The van der Waals surface area contributed by atoms with Gasteiger partial charge in [0.15, 0.2) is 17.3 Å². The number of aliphatic hydroxyl groups is 1. The molecule has 1 N–H and O–H groups in total. The number of fused-ring (bicyclic) bond motifs is 2. The van der Waals surface area contributed by atoms with Gasteiger partial charge in [-0.3, -0.25) is 4.79 Å². The van der Waals surface area contributed by atoms with Crippen molar-refractivity contribution < 1.29 is 24.1 Å². The first-order valence-corrected chi connectivity index (χ1v) is 9.19. The smallest absolute Gasteiger partial charge is 0.163 e. The topological polar surface area (TPSA) is 82.8 Å².